The van der Waals surface area contributed by atoms with Crippen molar-refractivity contribution in [3.05, 3.63) is 130 Å². The minimum atomic E-state index is -4.32. The Morgan fingerprint density at radius 3 is 2.07 bits per heavy atom. The first-order chi connectivity index (χ1) is 21.1. The fourth-order valence-corrected chi connectivity index (χ4v) is 6.60. The lowest BCUT2D eigenvalue weighted by Crippen LogP contribution is -2.53. The SMILES string of the molecule is CCCNC(=O)[C@@H](Cc1ccccc1)N(Cc1ccccc1F)C(=O)CN(c1cc(Cl)cc(Cl)c1)S(=O)(=O)c1ccccc1. The Morgan fingerprint density at radius 1 is 0.864 bits per heavy atom. The van der Waals surface area contributed by atoms with Gasteiger partial charge in [-0.05, 0) is 48.4 Å². The Hall–Kier alpha value is -3.92. The third-order valence-electron chi connectivity index (χ3n) is 6.86. The third-order valence-corrected chi connectivity index (χ3v) is 9.09. The average molecular weight is 657 g/mol. The van der Waals surface area contributed by atoms with Gasteiger partial charge in [-0.25, -0.2) is 12.8 Å². The molecule has 0 spiro atoms. The molecule has 0 aromatic heterocycles. The molecule has 0 aliphatic rings. The van der Waals surface area contributed by atoms with Gasteiger partial charge in [0.15, 0.2) is 0 Å². The quantitative estimate of drug-likeness (QED) is 0.178. The summed E-state index contributed by atoms with van der Waals surface area (Å²) >= 11 is 12.5. The Balaban J connectivity index is 1.82. The van der Waals surface area contributed by atoms with Crippen LogP contribution in [0.5, 0.6) is 0 Å². The summed E-state index contributed by atoms with van der Waals surface area (Å²) in [6, 6.07) is 25.8. The summed E-state index contributed by atoms with van der Waals surface area (Å²) in [6.45, 7) is 1.27. The predicted molar refractivity (Wildman–Crippen MR) is 172 cm³/mol. The fraction of sp³-hybridized carbons (Fsp3) is 0.212. The van der Waals surface area contributed by atoms with E-state index in [2.05, 4.69) is 5.32 Å². The van der Waals surface area contributed by atoms with Gasteiger partial charge in [0.05, 0.1) is 10.6 Å². The smallest absolute Gasteiger partial charge is 0.264 e. The monoisotopic (exact) mass is 655 g/mol. The van der Waals surface area contributed by atoms with Crippen molar-refractivity contribution in [3.8, 4) is 0 Å². The molecule has 230 valence electrons. The Kier molecular flexibility index (Phi) is 11.4. The minimum absolute atomic E-state index is 0.0561. The molecule has 0 radical (unpaired) electrons. The maximum absolute atomic E-state index is 15.0. The first-order valence-corrected chi connectivity index (χ1v) is 16.2. The summed E-state index contributed by atoms with van der Waals surface area (Å²) in [4.78, 5) is 29.1. The van der Waals surface area contributed by atoms with Crippen LogP contribution in [0.3, 0.4) is 0 Å². The molecule has 0 fully saturated rings. The van der Waals surface area contributed by atoms with Gasteiger partial charge in [-0.15, -0.1) is 0 Å². The zero-order chi connectivity index (χ0) is 31.7. The van der Waals surface area contributed by atoms with Crippen molar-refractivity contribution >= 4 is 50.7 Å². The van der Waals surface area contributed by atoms with Crippen LogP contribution in [0, 0.1) is 5.82 Å². The van der Waals surface area contributed by atoms with Crippen molar-refractivity contribution in [2.45, 2.75) is 37.2 Å². The van der Waals surface area contributed by atoms with E-state index in [1.54, 1.807) is 24.3 Å². The molecule has 4 rings (SSSR count). The van der Waals surface area contributed by atoms with Gasteiger partial charge in [-0.1, -0.05) is 96.9 Å². The lowest BCUT2D eigenvalue weighted by atomic mass is 10.0. The molecule has 4 aromatic rings. The van der Waals surface area contributed by atoms with Gasteiger partial charge in [-0.3, -0.25) is 13.9 Å². The van der Waals surface area contributed by atoms with Crippen LogP contribution in [0.2, 0.25) is 10.0 Å². The number of hydrogen-bond acceptors (Lipinski definition) is 4. The molecule has 4 aromatic carbocycles. The van der Waals surface area contributed by atoms with E-state index in [1.165, 1.54) is 53.4 Å². The Labute approximate surface area is 267 Å². The molecule has 7 nitrogen and oxygen atoms in total. The van der Waals surface area contributed by atoms with Crippen LogP contribution in [-0.2, 0) is 32.6 Å². The number of anilines is 1. The number of nitrogens with one attached hydrogen (secondary N) is 1. The lowest BCUT2D eigenvalue weighted by Gasteiger charge is -2.34. The molecule has 44 heavy (non-hydrogen) atoms. The van der Waals surface area contributed by atoms with Crippen LogP contribution < -0.4 is 9.62 Å². The van der Waals surface area contributed by atoms with Gasteiger partial charge in [-0.2, -0.15) is 0 Å². The highest BCUT2D eigenvalue weighted by atomic mass is 35.5. The molecule has 0 aliphatic heterocycles. The summed E-state index contributed by atoms with van der Waals surface area (Å²) in [5, 5.41) is 3.18. The molecule has 1 atom stereocenters. The second kappa shape index (κ2) is 15.2. The minimum Gasteiger partial charge on any atom is -0.354 e. The van der Waals surface area contributed by atoms with Gasteiger partial charge >= 0.3 is 0 Å². The van der Waals surface area contributed by atoms with Crippen LogP contribution in [0.1, 0.15) is 24.5 Å². The van der Waals surface area contributed by atoms with E-state index in [9.17, 15) is 22.4 Å². The molecular formula is C33H32Cl2FN3O4S. The fourth-order valence-electron chi connectivity index (χ4n) is 4.66. The van der Waals surface area contributed by atoms with Crippen molar-refractivity contribution in [1.82, 2.24) is 10.2 Å². The van der Waals surface area contributed by atoms with Crippen LogP contribution in [0.4, 0.5) is 10.1 Å². The van der Waals surface area contributed by atoms with Gasteiger partial charge in [0.25, 0.3) is 10.0 Å². The van der Waals surface area contributed by atoms with Crippen molar-refractivity contribution < 1.29 is 22.4 Å². The van der Waals surface area contributed by atoms with E-state index in [0.29, 0.717) is 13.0 Å². The molecule has 0 saturated carbocycles. The summed E-state index contributed by atoms with van der Waals surface area (Å²) in [5.74, 6) is -1.73. The van der Waals surface area contributed by atoms with Crippen LogP contribution in [0.25, 0.3) is 0 Å². The molecule has 2 amide bonds. The molecule has 0 bridgehead atoms. The van der Waals surface area contributed by atoms with E-state index in [-0.39, 0.29) is 39.2 Å². The number of sulfonamides is 1. The number of amides is 2. The standard InChI is InChI=1S/C33H32Cl2FN3O4S/c1-2-17-37-33(41)31(18-24-11-5-3-6-12-24)38(22-25-13-9-10-16-30(25)36)32(40)23-39(28-20-26(34)19-27(35)21-28)44(42,43)29-14-7-4-8-15-29/h3-16,19-21,31H,2,17-18,22-23H2,1H3,(H,37,41)/t31-/m1/s1. The summed E-state index contributed by atoms with van der Waals surface area (Å²) in [6.07, 6.45) is 0.773. The highest BCUT2D eigenvalue weighted by Crippen LogP contribution is 2.30. The average Bonchev–Trinajstić information content (AvgIpc) is 3.01. The molecular weight excluding hydrogens is 624 g/mol. The number of carbonyl (C=O) groups excluding carboxylic acids is 2. The molecule has 11 heteroatoms. The van der Waals surface area contributed by atoms with Gasteiger partial charge in [0.1, 0.15) is 18.4 Å². The molecule has 0 unspecified atom stereocenters. The van der Waals surface area contributed by atoms with E-state index < -0.39 is 40.2 Å². The molecule has 0 heterocycles. The maximum Gasteiger partial charge on any atom is 0.264 e. The first-order valence-electron chi connectivity index (χ1n) is 14.0. The topological polar surface area (TPSA) is 86.8 Å². The predicted octanol–water partition coefficient (Wildman–Crippen LogP) is 6.49. The van der Waals surface area contributed by atoms with Gasteiger partial charge in [0, 0.05) is 35.1 Å². The Bertz CT molecular complexity index is 1670. The number of carbonyl (C=O) groups is 2. The van der Waals surface area contributed by atoms with Crippen molar-refractivity contribution in [2.24, 2.45) is 0 Å². The van der Waals surface area contributed by atoms with Gasteiger partial charge in [0.2, 0.25) is 11.8 Å². The third kappa shape index (κ3) is 8.37. The van der Waals surface area contributed by atoms with E-state index in [0.717, 1.165) is 9.87 Å². The van der Waals surface area contributed by atoms with Crippen LogP contribution in [-0.4, -0.2) is 44.3 Å². The maximum atomic E-state index is 15.0. The summed E-state index contributed by atoms with van der Waals surface area (Å²) in [7, 11) is -4.32. The zero-order valence-electron chi connectivity index (χ0n) is 24.0. The van der Waals surface area contributed by atoms with Crippen LogP contribution in [0.15, 0.2) is 108 Å². The zero-order valence-corrected chi connectivity index (χ0v) is 26.3. The van der Waals surface area contributed by atoms with Crippen molar-refractivity contribution in [2.75, 3.05) is 17.4 Å². The number of rotatable bonds is 13. The highest BCUT2D eigenvalue weighted by molar-refractivity contribution is 7.92. The van der Waals surface area contributed by atoms with Gasteiger partial charge < -0.3 is 10.2 Å². The second-order valence-corrected chi connectivity index (χ2v) is 12.8. The normalized spacial score (nSPS) is 11.9. The summed E-state index contributed by atoms with van der Waals surface area (Å²) in [5.41, 5.74) is 0.997. The Morgan fingerprint density at radius 2 is 1.45 bits per heavy atom. The summed E-state index contributed by atoms with van der Waals surface area (Å²) < 4.78 is 43.8. The van der Waals surface area contributed by atoms with Crippen molar-refractivity contribution in [3.63, 3.8) is 0 Å². The highest BCUT2D eigenvalue weighted by Gasteiger charge is 2.35. The van der Waals surface area contributed by atoms with E-state index >= 15 is 0 Å². The van der Waals surface area contributed by atoms with E-state index in [4.69, 9.17) is 23.2 Å². The number of halogens is 3. The largest absolute Gasteiger partial charge is 0.354 e. The number of hydrogen-bond donors (Lipinski definition) is 1. The van der Waals surface area contributed by atoms with E-state index in [1.807, 2.05) is 37.3 Å². The number of nitrogens with zero attached hydrogens (tertiary/aromatic N) is 2. The van der Waals surface area contributed by atoms with Crippen molar-refractivity contribution in [1.29, 1.82) is 0 Å². The lowest BCUT2D eigenvalue weighted by molar-refractivity contribution is -0.140. The first kappa shape index (κ1) is 33.0. The molecule has 0 saturated heterocycles. The van der Waals surface area contributed by atoms with Crippen LogP contribution >= 0.6 is 23.2 Å². The number of benzene rings is 4. The molecule has 0 aliphatic carbocycles. The second-order valence-electron chi connectivity index (χ2n) is 10.1. The molecule has 1 N–H and O–H groups in total.